The van der Waals surface area contributed by atoms with Gasteiger partial charge in [0.1, 0.15) is 0 Å². The number of hydrogen-bond donors (Lipinski definition) is 0. The Labute approximate surface area is 118 Å². The molecule has 1 aromatic heterocycles. The quantitative estimate of drug-likeness (QED) is 0.817. The van der Waals surface area contributed by atoms with Gasteiger partial charge < -0.3 is 14.5 Å². The van der Waals surface area contributed by atoms with Gasteiger partial charge in [0.25, 0.3) is 5.91 Å². The van der Waals surface area contributed by atoms with Gasteiger partial charge in [-0.1, -0.05) is 0 Å². The summed E-state index contributed by atoms with van der Waals surface area (Å²) in [7, 11) is 0. The number of carbonyl (C=O) groups excluding carboxylic acids is 2. The van der Waals surface area contributed by atoms with Crippen LogP contribution in [0.25, 0.3) is 0 Å². The van der Waals surface area contributed by atoms with E-state index in [0.29, 0.717) is 38.3 Å². The highest BCUT2D eigenvalue weighted by Crippen LogP contribution is 2.10. The summed E-state index contributed by atoms with van der Waals surface area (Å²) < 4.78 is 4.95. The zero-order valence-electron chi connectivity index (χ0n) is 11.8. The predicted octanol–water partition coefficient (Wildman–Crippen LogP) is 1.30. The van der Waals surface area contributed by atoms with Crippen LogP contribution >= 0.6 is 0 Å². The number of piperazine rings is 1. The second kappa shape index (κ2) is 6.36. The van der Waals surface area contributed by atoms with Gasteiger partial charge in [-0.25, -0.2) is 4.79 Å². The molecule has 6 heteroatoms. The van der Waals surface area contributed by atoms with Gasteiger partial charge in [0.15, 0.2) is 0 Å². The molecule has 1 saturated heterocycles. The van der Waals surface area contributed by atoms with E-state index in [2.05, 4.69) is 4.98 Å². The second-order valence-electron chi connectivity index (χ2n) is 4.66. The van der Waals surface area contributed by atoms with Crippen molar-refractivity contribution >= 4 is 12.0 Å². The van der Waals surface area contributed by atoms with E-state index in [9.17, 15) is 9.59 Å². The number of aryl methyl sites for hydroxylation is 1. The number of hydrogen-bond acceptors (Lipinski definition) is 4. The number of pyridine rings is 1. The normalized spacial score (nSPS) is 15.1. The van der Waals surface area contributed by atoms with Crippen LogP contribution in [0.15, 0.2) is 18.3 Å². The van der Waals surface area contributed by atoms with Crippen molar-refractivity contribution in [3.63, 3.8) is 0 Å². The zero-order chi connectivity index (χ0) is 14.5. The highest BCUT2D eigenvalue weighted by Gasteiger charge is 2.25. The highest BCUT2D eigenvalue weighted by molar-refractivity contribution is 5.94. The number of aromatic nitrogens is 1. The minimum absolute atomic E-state index is 0.0148. The van der Waals surface area contributed by atoms with Crippen molar-refractivity contribution < 1.29 is 14.3 Å². The molecule has 0 saturated carbocycles. The Morgan fingerprint density at radius 1 is 1.25 bits per heavy atom. The van der Waals surface area contributed by atoms with Crippen LogP contribution in [0, 0.1) is 6.92 Å². The third-order valence-corrected chi connectivity index (χ3v) is 3.24. The number of rotatable bonds is 2. The molecule has 2 heterocycles. The third kappa shape index (κ3) is 3.26. The minimum atomic E-state index is -0.306. The Morgan fingerprint density at radius 2 is 1.90 bits per heavy atom. The first-order valence-electron chi connectivity index (χ1n) is 6.75. The molecule has 1 aromatic rings. The Morgan fingerprint density at radius 3 is 2.50 bits per heavy atom. The first kappa shape index (κ1) is 14.3. The number of nitrogens with zero attached hydrogens (tertiary/aromatic N) is 3. The molecule has 0 aromatic carbocycles. The van der Waals surface area contributed by atoms with Gasteiger partial charge in [0.05, 0.1) is 6.61 Å². The lowest BCUT2D eigenvalue weighted by molar-refractivity contribution is 0.0570. The van der Waals surface area contributed by atoms with Gasteiger partial charge >= 0.3 is 6.09 Å². The molecular weight excluding hydrogens is 258 g/mol. The molecule has 2 rings (SSSR count). The van der Waals surface area contributed by atoms with E-state index in [1.54, 1.807) is 35.1 Å². The van der Waals surface area contributed by atoms with Crippen LogP contribution in [0.4, 0.5) is 4.79 Å². The third-order valence-electron chi connectivity index (χ3n) is 3.24. The first-order valence-corrected chi connectivity index (χ1v) is 6.75. The lowest BCUT2D eigenvalue weighted by Gasteiger charge is -2.34. The lowest BCUT2D eigenvalue weighted by Crippen LogP contribution is -2.50. The summed E-state index contributed by atoms with van der Waals surface area (Å²) in [5.41, 5.74) is 1.46. The topological polar surface area (TPSA) is 62.7 Å². The summed E-state index contributed by atoms with van der Waals surface area (Å²) in [5, 5.41) is 0. The molecule has 2 amide bonds. The Kier molecular flexibility index (Phi) is 4.55. The average Bonchev–Trinajstić information content (AvgIpc) is 2.47. The van der Waals surface area contributed by atoms with Crippen LogP contribution in [-0.2, 0) is 4.74 Å². The fourth-order valence-corrected chi connectivity index (χ4v) is 2.17. The smallest absolute Gasteiger partial charge is 0.409 e. The van der Waals surface area contributed by atoms with Crippen molar-refractivity contribution in [2.24, 2.45) is 0 Å². The van der Waals surface area contributed by atoms with E-state index >= 15 is 0 Å². The Bertz CT molecular complexity index is 496. The van der Waals surface area contributed by atoms with Gasteiger partial charge in [-0.05, 0) is 26.0 Å². The van der Waals surface area contributed by atoms with Crippen molar-refractivity contribution in [2.45, 2.75) is 13.8 Å². The van der Waals surface area contributed by atoms with Crippen LogP contribution in [-0.4, -0.2) is 59.6 Å². The van der Waals surface area contributed by atoms with Crippen molar-refractivity contribution in [1.29, 1.82) is 0 Å². The molecular formula is C14H19N3O3. The molecule has 1 aliphatic heterocycles. The molecule has 0 N–H and O–H groups in total. The van der Waals surface area contributed by atoms with Crippen molar-refractivity contribution in [1.82, 2.24) is 14.8 Å². The van der Waals surface area contributed by atoms with E-state index in [0.717, 1.165) is 5.69 Å². The lowest BCUT2D eigenvalue weighted by atomic mass is 10.2. The second-order valence-corrected chi connectivity index (χ2v) is 4.66. The number of carbonyl (C=O) groups is 2. The standard InChI is InChI=1S/C14H19N3O3/c1-3-20-14(19)17-8-6-16(7-9-17)13(18)12-4-5-15-11(2)10-12/h4-5,10H,3,6-9H2,1-2H3. The SMILES string of the molecule is CCOC(=O)N1CCN(C(=O)c2ccnc(C)c2)CC1. The molecule has 1 aliphatic rings. The molecule has 0 bridgehead atoms. The first-order chi connectivity index (χ1) is 9.61. The molecule has 0 atom stereocenters. The van der Waals surface area contributed by atoms with Crippen LogP contribution in [0.5, 0.6) is 0 Å². The van der Waals surface area contributed by atoms with Gasteiger partial charge in [0, 0.05) is 43.6 Å². The summed E-state index contributed by atoms with van der Waals surface area (Å²) in [5.74, 6) is -0.0148. The molecule has 20 heavy (non-hydrogen) atoms. The fourth-order valence-electron chi connectivity index (χ4n) is 2.17. The van der Waals surface area contributed by atoms with E-state index in [1.807, 2.05) is 6.92 Å². The van der Waals surface area contributed by atoms with Gasteiger partial charge in [-0.2, -0.15) is 0 Å². The summed E-state index contributed by atoms with van der Waals surface area (Å²) in [6.07, 6.45) is 1.33. The Balaban J connectivity index is 1.93. The van der Waals surface area contributed by atoms with Crippen molar-refractivity contribution in [3.05, 3.63) is 29.6 Å². The maximum Gasteiger partial charge on any atom is 0.409 e. The molecule has 0 spiro atoms. The van der Waals surface area contributed by atoms with E-state index in [-0.39, 0.29) is 12.0 Å². The molecule has 1 fully saturated rings. The van der Waals surface area contributed by atoms with Crippen molar-refractivity contribution in [2.75, 3.05) is 32.8 Å². The van der Waals surface area contributed by atoms with Crippen LogP contribution in [0.3, 0.4) is 0 Å². The van der Waals surface area contributed by atoms with Gasteiger partial charge in [-0.15, -0.1) is 0 Å². The molecule has 0 unspecified atom stereocenters. The van der Waals surface area contributed by atoms with Crippen LogP contribution in [0.2, 0.25) is 0 Å². The maximum absolute atomic E-state index is 12.3. The zero-order valence-corrected chi connectivity index (χ0v) is 11.8. The Hall–Kier alpha value is -2.11. The van der Waals surface area contributed by atoms with E-state index < -0.39 is 0 Å². The van der Waals surface area contributed by atoms with E-state index in [1.165, 1.54) is 0 Å². The van der Waals surface area contributed by atoms with E-state index in [4.69, 9.17) is 4.74 Å². The largest absolute Gasteiger partial charge is 0.450 e. The minimum Gasteiger partial charge on any atom is -0.450 e. The summed E-state index contributed by atoms with van der Waals surface area (Å²) in [6, 6.07) is 3.49. The average molecular weight is 277 g/mol. The maximum atomic E-state index is 12.3. The summed E-state index contributed by atoms with van der Waals surface area (Å²) in [6.45, 7) is 6.08. The van der Waals surface area contributed by atoms with Crippen molar-refractivity contribution in [3.8, 4) is 0 Å². The van der Waals surface area contributed by atoms with Crippen LogP contribution < -0.4 is 0 Å². The summed E-state index contributed by atoms with van der Waals surface area (Å²) in [4.78, 5) is 31.4. The number of ether oxygens (including phenoxy) is 1. The van der Waals surface area contributed by atoms with Gasteiger partial charge in [-0.3, -0.25) is 9.78 Å². The van der Waals surface area contributed by atoms with Crippen LogP contribution in [0.1, 0.15) is 23.0 Å². The molecule has 0 aliphatic carbocycles. The predicted molar refractivity (Wildman–Crippen MR) is 73.5 cm³/mol. The molecule has 108 valence electrons. The van der Waals surface area contributed by atoms with Gasteiger partial charge in [0.2, 0.25) is 0 Å². The highest BCUT2D eigenvalue weighted by atomic mass is 16.6. The summed E-state index contributed by atoms with van der Waals surface area (Å²) >= 11 is 0. The number of amides is 2. The fraction of sp³-hybridized carbons (Fsp3) is 0.500. The molecule has 0 radical (unpaired) electrons. The monoisotopic (exact) mass is 277 g/mol. The molecule has 6 nitrogen and oxygen atoms in total.